The van der Waals surface area contributed by atoms with Crippen molar-refractivity contribution in [3.05, 3.63) is 50.9 Å². The first-order valence-electron chi connectivity index (χ1n) is 4.90. The molecule has 3 heteroatoms. The van der Waals surface area contributed by atoms with Crippen LogP contribution in [0.1, 0.15) is 16.3 Å². The van der Waals surface area contributed by atoms with Crippen molar-refractivity contribution in [1.82, 2.24) is 4.98 Å². The third-order valence-corrected chi connectivity index (χ3v) is 3.63. The number of hydrogen-bond acceptors (Lipinski definition) is 2. The SMILES string of the molecule is Cc1csc(CCc2ccccc2Cl)n1. The van der Waals surface area contributed by atoms with E-state index in [1.54, 1.807) is 11.3 Å². The van der Waals surface area contributed by atoms with Gasteiger partial charge in [0.25, 0.3) is 0 Å². The number of rotatable bonds is 3. The predicted octanol–water partition coefficient (Wildman–Crippen LogP) is 3.89. The smallest absolute Gasteiger partial charge is 0.0931 e. The number of aromatic nitrogens is 1. The number of halogens is 1. The zero-order chi connectivity index (χ0) is 10.7. The number of aryl methyl sites for hydroxylation is 3. The topological polar surface area (TPSA) is 12.9 Å². The molecule has 0 radical (unpaired) electrons. The molecule has 1 aromatic heterocycles. The lowest BCUT2D eigenvalue weighted by Crippen LogP contribution is -1.91. The first-order chi connectivity index (χ1) is 7.25. The number of thiazole rings is 1. The van der Waals surface area contributed by atoms with E-state index in [2.05, 4.69) is 16.4 Å². The lowest BCUT2D eigenvalue weighted by Gasteiger charge is -2.01. The standard InChI is InChI=1S/C12H12ClNS/c1-9-8-15-12(14-9)7-6-10-4-2-3-5-11(10)13/h2-5,8H,6-7H2,1H3. The molecule has 0 N–H and O–H groups in total. The molecule has 0 spiro atoms. The molecular weight excluding hydrogens is 226 g/mol. The third-order valence-electron chi connectivity index (χ3n) is 2.23. The Morgan fingerprint density at radius 3 is 2.73 bits per heavy atom. The summed E-state index contributed by atoms with van der Waals surface area (Å²) in [6, 6.07) is 7.99. The molecule has 0 saturated carbocycles. The highest BCUT2D eigenvalue weighted by molar-refractivity contribution is 7.09. The average Bonchev–Trinajstić information content (AvgIpc) is 2.63. The van der Waals surface area contributed by atoms with Crippen molar-refractivity contribution in [2.24, 2.45) is 0 Å². The lowest BCUT2D eigenvalue weighted by atomic mass is 10.1. The van der Waals surface area contributed by atoms with Gasteiger partial charge in [-0.2, -0.15) is 0 Å². The van der Waals surface area contributed by atoms with E-state index in [1.807, 2.05) is 25.1 Å². The second-order valence-corrected chi connectivity index (χ2v) is 4.82. The lowest BCUT2D eigenvalue weighted by molar-refractivity contribution is 0.937. The maximum atomic E-state index is 6.08. The summed E-state index contributed by atoms with van der Waals surface area (Å²) < 4.78 is 0. The summed E-state index contributed by atoms with van der Waals surface area (Å²) in [6.07, 6.45) is 1.94. The van der Waals surface area contributed by atoms with E-state index in [1.165, 1.54) is 10.6 Å². The normalized spacial score (nSPS) is 10.5. The summed E-state index contributed by atoms with van der Waals surface area (Å²) in [5.41, 5.74) is 2.31. The molecule has 0 aliphatic rings. The number of benzene rings is 1. The van der Waals surface area contributed by atoms with Crippen LogP contribution in [0, 0.1) is 6.92 Å². The van der Waals surface area contributed by atoms with Crippen LogP contribution in [0.25, 0.3) is 0 Å². The quantitative estimate of drug-likeness (QED) is 0.789. The van der Waals surface area contributed by atoms with E-state index in [9.17, 15) is 0 Å². The molecule has 2 aromatic rings. The van der Waals surface area contributed by atoms with E-state index in [4.69, 9.17) is 11.6 Å². The maximum Gasteiger partial charge on any atom is 0.0931 e. The van der Waals surface area contributed by atoms with Crippen molar-refractivity contribution < 1.29 is 0 Å². The highest BCUT2D eigenvalue weighted by Gasteiger charge is 2.02. The van der Waals surface area contributed by atoms with Crippen LogP contribution in [-0.4, -0.2) is 4.98 Å². The van der Waals surface area contributed by atoms with Gasteiger partial charge in [-0.1, -0.05) is 29.8 Å². The third kappa shape index (κ3) is 2.80. The minimum atomic E-state index is 0.853. The Bertz CT molecular complexity index is 450. The Morgan fingerprint density at radius 2 is 2.07 bits per heavy atom. The van der Waals surface area contributed by atoms with E-state index < -0.39 is 0 Å². The van der Waals surface area contributed by atoms with Crippen LogP contribution < -0.4 is 0 Å². The van der Waals surface area contributed by atoms with Gasteiger partial charge in [-0.15, -0.1) is 11.3 Å². The van der Waals surface area contributed by atoms with E-state index in [-0.39, 0.29) is 0 Å². The molecular formula is C12H12ClNS. The maximum absolute atomic E-state index is 6.08. The molecule has 1 aromatic carbocycles. The second-order valence-electron chi connectivity index (χ2n) is 3.47. The molecule has 1 nitrogen and oxygen atoms in total. The van der Waals surface area contributed by atoms with Crippen LogP contribution in [0.3, 0.4) is 0 Å². The van der Waals surface area contributed by atoms with Crippen molar-refractivity contribution in [3.8, 4) is 0 Å². The summed E-state index contributed by atoms with van der Waals surface area (Å²) in [5.74, 6) is 0. The molecule has 0 amide bonds. The molecule has 0 bridgehead atoms. The van der Waals surface area contributed by atoms with Gasteiger partial charge in [-0.25, -0.2) is 4.98 Å². The van der Waals surface area contributed by atoms with Gasteiger partial charge in [0.2, 0.25) is 0 Å². The fourth-order valence-electron chi connectivity index (χ4n) is 1.46. The number of hydrogen-bond donors (Lipinski definition) is 0. The Balaban J connectivity index is 2.02. The highest BCUT2D eigenvalue weighted by atomic mass is 35.5. The molecule has 2 rings (SSSR count). The Hall–Kier alpha value is -0.860. The molecule has 15 heavy (non-hydrogen) atoms. The molecule has 0 aliphatic carbocycles. The van der Waals surface area contributed by atoms with Gasteiger partial charge >= 0.3 is 0 Å². The van der Waals surface area contributed by atoms with Gasteiger partial charge in [0.1, 0.15) is 0 Å². The minimum absolute atomic E-state index is 0.853. The Labute approximate surface area is 98.7 Å². The highest BCUT2D eigenvalue weighted by Crippen LogP contribution is 2.18. The van der Waals surface area contributed by atoms with Crippen molar-refractivity contribution >= 4 is 22.9 Å². The van der Waals surface area contributed by atoms with Gasteiger partial charge in [0.15, 0.2) is 0 Å². The monoisotopic (exact) mass is 237 g/mol. The number of nitrogens with zero attached hydrogens (tertiary/aromatic N) is 1. The summed E-state index contributed by atoms with van der Waals surface area (Å²) in [6.45, 7) is 2.02. The zero-order valence-corrected chi connectivity index (χ0v) is 10.1. The second kappa shape index (κ2) is 4.77. The average molecular weight is 238 g/mol. The van der Waals surface area contributed by atoms with Crippen LogP contribution in [-0.2, 0) is 12.8 Å². The summed E-state index contributed by atoms with van der Waals surface area (Å²) in [4.78, 5) is 4.43. The predicted molar refractivity (Wildman–Crippen MR) is 65.7 cm³/mol. The van der Waals surface area contributed by atoms with Crippen LogP contribution in [0.4, 0.5) is 0 Å². The largest absolute Gasteiger partial charge is 0.247 e. The van der Waals surface area contributed by atoms with Crippen molar-refractivity contribution in [3.63, 3.8) is 0 Å². The van der Waals surface area contributed by atoms with E-state index in [0.29, 0.717) is 0 Å². The molecule has 0 atom stereocenters. The van der Waals surface area contributed by atoms with E-state index in [0.717, 1.165) is 23.6 Å². The van der Waals surface area contributed by atoms with Gasteiger partial charge in [0, 0.05) is 22.5 Å². The Morgan fingerprint density at radius 1 is 1.27 bits per heavy atom. The molecule has 0 saturated heterocycles. The summed E-state index contributed by atoms with van der Waals surface area (Å²) in [5, 5.41) is 4.13. The van der Waals surface area contributed by atoms with Gasteiger partial charge in [-0.05, 0) is 25.0 Å². The van der Waals surface area contributed by atoms with Crippen LogP contribution in [0.5, 0.6) is 0 Å². The van der Waals surface area contributed by atoms with Crippen LogP contribution >= 0.6 is 22.9 Å². The fourth-order valence-corrected chi connectivity index (χ4v) is 2.47. The molecule has 0 fully saturated rings. The van der Waals surface area contributed by atoms with Crippen molar-refractivity contribution in [2.45, 2.75) is 19.8 Å². The molecule has 1 heterocycles. The van der Waals surface area contributed by atoms with E-state index >= 15 is 0 Å². The molecule has 78 valence electrons. The van der Waals surface area contributed by atoms with Gasteiger partial charge in [-0.3, -0.25) is 0 Å². The zero-order valence-electron chi connectivity index (χ0n) is 8.53. The summed E-state index contributed by atoms with van der Waals surface area (Å²) >= 11 is 7.80. The molecule has 0 unspecified atom stereocenters. The minimum Gasteiger partial charge on any atom is -0.247 e. The first-order valence-corrected chi connectivity index (χ1v) is 6.16. The molecule has 0 aliphatic heterocycles. The van der Waals surface area contributed by atoms with Crippen molar-refractivity contribution in [1.29, 1.82) is 0 Å². The van der Waals surface area contributed by atoms with Crippen molar-refractivity contribution in [2.75, 3.05) is 0 Å². The summed E-state index contributed by atoms with van der Waals surface area (Å²) in [7, 11) is 0. The fraction of sp³-hybridized carbons (Fsp3) is 0.250. The first kappa shape index (κ1) is 10.7. The van der Waals surface area contributed by atoms with Gasteiger partial charge in [0.05, 0.1) is 5.01 Å². The Kier molecular flexibility index (Phi) is 3.39. The van der Waals surface area contributed by atoms with Crippen LogP contribution in [0.15, 0.2) is 29.6 Å². The van der Waals surface area contributed by atoms with Crippen LogP contribution in [0.2, 0.25) is 5.02 Å². The van der Waals surface area contributed by atoms with Gasteiger partial charge < -0.3 is 0 Å².